The van der Waals surface area contributed by atoms with Gasteiger partial charge in [-0.2, -0.15) is 0 Å². The van der Waals surface area contributed by atoms with Gasteiger partial charge < -0.3 is 10.2 Å². The second-order valence-corrected chi connectivity index (χ2v) is 7.16. The molecular formula is C22H26N2O2. The van der Waals surface area contributed by atoms with Crippen LogP contribution in [-0.4, -0.2) is 22.8 Å². The van der Waals surface area contributed by atoms with Crippen LogP contribution < -0.4 is 5.32 Å². The van der Waals surface area contributed by atoms with E-state index < -0.39 is 0 Å². The number of piperidine rings is 1. The van der Waals surface area contributed by atoms with Crippen LogP contribution in [0.1, 0.15) is 31.4 Å². The molecule has 2 aromatic rings. The average molecular weight is 350 g/mol. The normalized spacial score (nSPS) is 22.9. The summed E-state index contributed by atoms with van der Waals surface area (Å²) in [6, 6.07) is 19.7. The van der Waals surface area contributed by atoms with Crippen molar-refractivity contribution in [3.05, 3.63) is 71.8 Å². The number of hydrogen-bond donors (Lipinski definition) is 1. The maximum absolute atomic E-state index is 12.8. The van der Waals surface area contributed by atoms with E-state index >= 15 is 0 Å². The summed E-state index contributed by atoms with van der Waals surface area (Å²) in [5.41, 5.74) is 2.17. The zero-order valence-electron chi connectivity index (χ0n) is 15.4. The number of carbonyl (C=O) groups excluding carboxylic acids is 2. The minimum atomic E-state index is -0.194. The number of benzene rings is 2. The van der Waals surface area contributed by atoms with Gasteiger partial charge in [-0.25, -0.2) is 0 Å². The molecule has 2 aromatic carbocycles. The lowest BCUT2D eigenvalue weighted by molar-refractivity contribution is -0.146. The standard InChI is InChI=1S/C22H26N2O2/c1-16-13-20(25)24(15-19-11-7-4-8-12-19)17(2)21(16)22(26)23-14-18-9-5-3-6-10-18/h3-12,16-17,21H,13-15H2,1-2H3,(H,23,26)/t16-,17+,21-/m1/s1. The molecule has 1 aliphatic heterocycles. The van der Waals surface area contributed by atoms with Crippen LogP contribution >= 0.6 is 0 Å². The number of carbonyl (C=O) groups is 2. The topological polar surface area (TPSA) is 49.4 Å². The molecule has 1 saturated heterocycles. The van der Waals surface area contributed by atoms with E-state index in [4.69, 9.17) is 0 Å². The lowest BCUT2D eigenvalue weighted by Crippen LogP contribution is -2.54. The van der Waals surface area contributed by atoms with Crippen molar-refractivity contribution < 1.29 is 9.59 Å². The lowest BCUT2D eigenvalue weighted by atomic mass is 9.80. The van der Waals surface area contributed by atoms with Crippen molar-refractivity contribution in [2.24, 2.45) is 11.8 Å². The van der Waals surface area contributed by atoms with E-state index in [1.165, 1.54) is 0 Å². The van der Waals surface area contributed by atoms with Gasteiger partial charge in [0, 0.05) is 25.6 Å². The molecule has 0 radical (unpaired) electrons. The molecule has 1 heterocycles. The van der Waals surface area contributed by atoms with Crippen LogP contribution in [0.15, 0.2) is 60.7 Å². The third-order valence-electron chi connectivity index (χ3n) is 5.25. The molecule has 136 valence electrons. The van der Waals surface area contributed by atoms with Gasteiger partial charge in [-0.15, -0.1) is 0 Å². The van der Waals surface area contributed by atoms with E-state index in [-0.39, 0.29) is 29.7 Å². The van der Waals surface area contributed by atoms with Gasteiger partial charge in [0.2, 0.25) is 11.8 Å². The predicted octanol–water partition coefficient (Wildman–Crippen LogP) is 3.38. The highest BCUT2D eigenvalue weighted by molar-refractivity contribution is 5.85. The molecule has 0 saturated carbocycles. The minimum Gasteiger partial charge on any atom is -0.352 e. The summed E-state index contributed by atoms with van der Waals surface area (Å²) in [6.45, 7) is 5.06. The molecule has 0 unspecified atom stereocenters. The molecular weight excluding hydrogens is 324 g/mol. The molecule has 26 heavy (non-hydrogen) atoms. The van der Waals surface area contributed by atoms with E-state index in [1.807, 2.05) is 79.4 Å². The van der Waals surface area contributed by atoms with Crippen LogP contribution in [0.2, 0.25) is 0 Å². The second kappa shape index (κ2) is 8.17. The minimum absolute atomic E-state index is 0.0272. The van der Waals surface area contributed by atoms with Crippen LogP contribution in [0.5, 0.6) is 0 Å². The van der Waals surface area contributed by atoms with Crippen molar-refractivity contribution in [2.45, 2.75) is 39.4 Å². The summed E-state index contributed by atoms with van der Waals surface area (Å²) in [4.78, 5) is 27.3. The third kappa shape index (κ3) is 4.13. The summed E-state index contributed by atoms with van der Waals surface area (Å²) >= 11 is 0. The van der Waals surface area contributed by atoms with Crippen LogP contribution in [0.4, 0.5) is 0 Å². The van der Waals surface area contributed by atoms with Crippen molar-refractivity contribution in [1.29, 1.82) is 0 Å². The molecule has 1 aliphatic rings. The van der Waals surface area contributed by atoms with Crippen LogP contribution in [0.3, 0.4) is 0 Å². The number of hydrogen-bond acceptors (Lipinski definition) is 2. The Kier molecular flexibility index (Phi) is 5.71. The Morgan fingerprint density at radius 1 is 1.00 bits per heavy atom. The highest BCUT2D eigenvalue weighted by Crippen LogP contribution is 2.31. The molecule has 2 amide bonds. The first-order chi connectivity index (χ1) is 12.6. The van der Waals surface area contributed by atoms with Gasteiger partial charge in [0.25, 0.3) is 0 Å². The van der Waals surface area contributed by atoms with Gasteiger partial charge >= 0.3 is 0 Å². The van der Waals surface area contributed by atoms with E-state index in [2.05, 4.69) is 5.32 Å². The zero-order chi connectivity index (χ0) is 18.5. The van der Waals surface area contributed by atoms with Gasteiger partial charge in [-0.1, -0.05) is 67.6 Å². The van der Waals surface area contributed by atoms with Crippen molar-refractivity contribution >= 4 is 11.8 Å². The van der Waals surface area contributed by atoms with Crippen molar-refractivity contribution in [3.8, 4) is 0 Å². The summed E-state index contributed by atoms with van der Waals surface area (Å²) < 4.78 is 0. The lowest BCUT2D eigenvalue weighted by Gasteiger charge is -2.42. The smallest absolute Gasteiger partial charge is 0.225 e. The van der Waals surface area contributed by atoms with Gasteiger partial charge in [0.1, 0.15) is 0 Å². The molecule has 3 atom stereocenters. The van der Waals surface area contributed by atoms with Gasteiger partial charge in [-0.3, -0.25) is 9.59 Å². The molecule has 0 spiro atoms. The molecule has 1 N–H and O–H groups in total. The van der Waals surface area contributed by atoms with Crippen molar-refractivity contribution in [2.75, 3.05) is 0 Å². The Morgan fingerprint density at radius 2 is 1.58 bits per heavy atom. The number of nitrogens with one attached hydrogen (secondary N) is 1. The van der Waals surface area contributed by atoms with Crippen LogP contribution in [-0.2, 0) is 22.7 Å². The Hall–Kier alpha value is -2.62. The fraction of sp³-hybridized carbons (Fsp3) is 0.364. The number of amides is 2. The number of likely N-dealkylation sites (tertiary alicyclic amines) is 1. The first kappa shape index (κ1) is 18.2. The maximum Gasteiger partial charge on any atom is 0.225 e. The Bertz CT molecular complexity index is 745. The number of nitrogens with zero attached hydrogens (tertiary/aromatic N) is 1. The predicted molar refractivity (Wildman–Crippen MR) is 102 cm³/mol. The monoisotopic (exact) mass is 350 g/mol. The average Bonchev–Trinajstić information content (AvgIpc) is 2.65. The highest BCUT2D eigenvalue weighted by Gasteiger charge is 2.41. The van der Waals surface area contributed by atoms with E-state index in [9.17, 15) is 9.59 Å². The fourth-order valence-electron chi connectivity index (χ4n) is 3.81. The summed E-state index contributed by atoms with van der Waals surface area (Å²) in [5, 5.41) is 3.05. The van der Waals surface area contributed by atoms with Gasteiger partial charge in [0.15, 0.2) is 0 Å². The molecule has 4 heteroatoms. The Labute approximate surface area is 155 Å². The molecule has 0 aromatic heterocycles. The third-order valence-corrected chi connectivity index (χ3v) is 5.25. The summed E-state index contributed by atoms with van der Waals surface area (Å²) in [7, 11) is 0. The van der Waals surface area contributed by atoms with E-state index in [1.54, 1.807) is 0 Å². The van der Waals surface area contributed by atoms with E-state index in [0.29, 0.717) is 19.5 Å². The van der Waals surface area contributed by atoms with E-state index in [0.717, 1.165) is 11.1 Å². The molecule has 4 nitrogen and oxygen atoms in total. The SMILES string of the molecule is C[C@@H]1CC(=O)N(Cc2ccccc2)[C@@H](C)[C@@H]1C(=O)NCc1ccccc1. The summed E-state index contributed by atoms with van der Waals surface area (Å²) in [5.74, 6) is 0.000739. The second-order valence-electron chi connectivity index (χ2n) is 7.16. The molecule has 1 fully saturated rings. The van der Waals surface area contributed by atoms with Crippen molar-refractivity contribution in [3.63, 3.8) is 0 Å². The maximum atomic E-state index is 12.8. The van der Waals surface area contributed by atoms with Crippen molar-refractivity contribution in [1.82, 2.24) is 10.2 Å². The van der Waals surface area contributed by atoms with Crippen LogP contribution in [0, 0.1) is 11.8 Å². The quantitative estimate of drug-likeness (QED) is 0.899. The van der Waals surface area contributed by atoms with Gasteiger partial charge in [0.05, 0.1) is 5.92 Å². The first-order valence-electron chi connectivity index (χ1n) is 9.21. The Morgan fingerprint density at radius 3 is 2.19 bits per heavy atom. The zero-order valence-corrected chi connectivity index (χ0v) is 15.4. The van der Waals surface area contributed by atoms with Gasteiger partial charge in [-0.05, 0) is 24.0 Å². The number of rotatable bonds is 5. The fourth-order valence-corrected chi connectivity index (χ4v) is 3.81. The summed E-state index contributed by atoms with van der Waals surface area (Å²) in [6.07, 6.45) is 0.417. The van der Waals surface area contributed by atoms with Crippen LogP contribution in [0.25, 0.3) is 0 Å². The Balaban J connectivity index is 1.69. The molecule has 3 rings (SSSR count). The molecule has 0 bridgehead atoms. The first-order valence-corrected chi connectivity index (χ1v) is 9.21. The highest BCUT2D eigenvalue weighted by atomic mass is 16.2. The largest absolute Gasteiger partial charge is 0.352 e. The molecule has 0 aliphatic carbocycles.